The topological polar surface area (TPSA) is 41.5 Å². The van der Waals surface area contributed by atoms with Gasteiger partial charge in [0.15, 0.2) is 0 Å². The summed E-state index contributed by atoms with van der Waals surface area (Å²) < 4.78 is 0. The molecule has 0 bridgehead atoms. The zero-order valence-electron chi connectivity index (χ0n) is 12.6. The van der Waals surface area contributed by atoms with Gasteiger partial charge in [-0.05, 0) is 37.0 Å². The molecule has 1 aliphatic heterocycles. The fraction of sp³-hybridized carbons (Fsp3) is 0.263. The maximum absolute atomic E-state index is 12.6. The second-order valence-corrected chi connectivity index (χ2v) is 6.60. The third kappa shape index (κ3) is 2.66. The molecule has 0 radical (unpaired) electrons. The first kappa shape index (κ1) is 14.5. The van der Waals surface area contributed by atoms with Gasteiger partial charge in [-0.15, -0.1) is 0 Å². The lowest BCUT2D eigenvalue weighted by Gasteiger charge is -2.29. The van der Waals surface area contributed by atoms with E-state index in [0.717, 1.165) is 35.4 Å². The predicted molar refractivity (Wildman–Crippen MR) is 93.3 cm³/mol. The summed E-state index contributed by atoms with van der Waals surface area (Å²) in [5.41, 5.74) is 3.53. The number of benzodiazepines with no additional fused rings is 1. The molecule has 116 valence electrons. The van der Waals surface area contributed by atoms with E-state index in [0.29, 0.717) is 10.9 Å². The highest BCUT2D eigenvalue weighted by Crippen LogP contribution is 2.35. The van der Waals surface area contributed by atoms with Gasteiger partial charge in [0, 0.05) is 16.1 Å². The Labute approximate surface area is 140 Å². The van der Waals surface area contributed by atoms with Gasteiger partial charge < -0.3 is 5.32 Å². The van der Waals surface area contributed by atoms with Gasteiger partial charge in [-0.25, -0.2) is 0 Å². The lowest BCUT2D eigenvalue weighted by molar-refractivity contribution is -0.119. The van der Waals surface area contributed by atoms with Crippen LogP contribution in [0.25, 0.3) is 0 Å². The van der Waals surface area contributed by atoms with E-state index in [4.69, 9.17) is 16.6 Å². The fourth-order valence-corrected chi connectivity index (χ4v) is 3.37. The number of aliphatic imine (C=N–C) groups is 1. The van der Waals surface area contributed by atoms with Gasteiger partial charge >= 0.3 is 0 Å². The number of anilines is 1. The number of amides is 1. The van der Waals surface area contributed by atoms with E-state index in [1.54, 1.807) is 6.07 Å². The first-order valence-corrected chi connectivity index (χ1v) is 8.34. The van der Waals surface area contributed by atoms with E-state index in [1.807, 2.05) is 42.5 Å². The second kappa shape index (κ2) is 5.82. The van der Waals surface area contributed by atoms with Gasteiger partial charge in [0.2, 0.25) is 5.91 Å². The van der Waals surface area contributed by atoms with E-state index in [-0.39, 0.29) is 11.9 Å². The minimum absolute atomic E-state index is 0.01000. The van der Waals surface area contributed by atoms with Crippen molar-refractivity contribution in [2.24, 2.45) is 10.9 Å². The van der Waals surface area contributed by atoms with Crippen LogP contribution < -0.4 is 5.32 Å². The molecule has 4 rings (SSSR count). The number of hydrogen-bond donors (Lipinski definition) is 1. The van der Waals surface area contributed by atoms with Gasteiger partial charge in [0.25, 0.3) is 0 Å². The van der Waals surface area contributed by atoms with Crippen molar-refractivity contribution in [3.63, 3.8) is 0 Å². The Balaban J connectivity index is 1.89. The number of rotatable bonds is 2. The first-order valence-electron chi connectivity index (χ1n) is 7.96. The van der Waals surface area contributed by atoms with Crippen LogP contribution in [0.4, 0.5) is 5.69 Å². The first-order chi connectivity index (χ1) is 11.2. The van der Waals surface area contributed by atoms with Crippen LogP contribution in [0.3, 0.4) is 0 Å². The van der Waals surface area contributed by atoms with Crippen molar-refractivity contribution in [2.45, 2.75) is 25.3 Å². The summed E-state index contributed by atoms with van der Waals surface area (Å²) in [7, 11) is 0. The maximum Gasteiger partial charge on any atom is 0.249 e. The molecule has 2 aliphatic rings. The molecule has 0 aromatic heterocycles. The van der Waals surface area contributed by atoms with Gasteiger partial charge in [-0.1, -0.05) is 48.4 Å². The maximum atomic E-state index is 12.6. The SMILES string of the molecule is O=C1Nc2ccc(Cl)cc2C(c2ccccc2)=N[C@H]1C1CCC1. The summed E-state index contributed by atoms with van der Waals surface area (Å²) in [4.78, 5) is 17.5. The molecule has 0 spiro atoms. The fourth-order valence-electron chi connectivity index (χ4n) is 3.20. The summed E-state index contributed by atoms with van der Waals surface area (Å²) in [5.74, 6) is 0.336. The number of halogens is 1. The van der Waals surface area contributed by atoms with Gasteiger partial charge in [-0.3, -0.25) is 9.79 Å². The Kier molecular flexibility index (Phi) is 3.66. The number of nitrogens with one attached hydrogen (secondary N) is 1. The second-order valence-electron chi connectivity index (χ2n) is 6.16. The number of benzene rings is 2. The normalized spacial score (nSPS) is 20.8. The smallest absolute Gasteiger partial charge is 0.249 e. The highest BCUT2D eigenvalue weighted by atomic mass is 35.5. The molecule has 0 saturated heterocycles. The van der Waals surface area contributed by atoms with Crippen LogP contribution in [0.15, 0.2) is 53.5 Å². The van der Waals surface area contributed by atoms with Crippen molar-refractivity contribution in [1.29, 1.82) is 0 Å². The van der Waals surface area contributed by atoms with Crippen LogP contribution in [0.1, 0.15) is 30.4 Å². The van der Waals surface area contributed by atoms with Crippen molar-refractivity contribution in [3.05, 3.63) is 64.7 Å². The summed E-state index contributed by atoms with van der Waals surface area (Å²) in [6.07, 6.45) is 3.32. The van der Waals surface area contributed by atoms with E-state index >= 15 is 0 Å². The zero-order chi connectivity index (χ0) is 15.8. The Morgan fingerprint density at radius 3 is 2.57 bits per heavy atom. The van der Waals surface area contributed by atoms with E-state index in [1.165, 1.54) is 6.42 Å². The molecule has 1 N–H and O–H groups in total. The Hall–Kier alpha value is -2.13. The van der Waals surface area contributed by atoms with Crippen LogP contribution in [-0.4, -0.2) is 17.7 Å². The number of nitrogens with zero attached hydrogens (tertiary/aromatic N) is 1. The average Bonchev–Trinajstić information content (AvgIpc) is 2.64. The number of fused-ring (bicyclic) bond motifs is 1. The largest absolute Gasteiger partial charge is 0.324 e. The molecule has 2 aromatic rings. The van der Waals surface area contributed by atoms with Crippen molar-refractivity contribution in [2.75, 3.05) is 5.32 Å². The summed E-state index contributed by atoms with van der Waals surface area (Å²) >= 11 is 6.19. The highest BCUT2D eigenvalue weighted by molar-refractivity contribution is 6.32. The Morgan fingerprint density at radius 2 is 1.87 bits per heavy atom. The van der Waals surface area contributed by atoms with Crippen LogP contribution in [-0.2, 0) is 4.79 Å². The standard InChI is InChI=1S/C19H17ClN2O/c20-14-9-10-16-15(11-14)17(12-5-2-1-3-6-12)22-18(19(23)21-16)13-7-4-8-13/h1-3,5-6,9-11,13,18H,4,7-8H2,(H,21,23)/t18-/m0/s1. The van der Waals surface area contributed by atoms with Gasteiger partial charge in [0.05, 0.1) is 11.4 Å². The third-order valence-corrected chi connectivity index (χ3v) is 4.91. The van der Waals surface area contributed by atoms with Crippen LogP contribution in [0.2, 0.25) is 5.02 Å². The average molecular weight is 325 g/mol. The van der Waals surface area contributed by atoms with Crippen molar-refractivity contribution in [1.82, 2.24) is 0 Å². The molecule has 3 nitrogen and oxygen atoms in total. The lowest BCUT2D eigenvalue weighted by Crippen LogP contribution is -2.36. The molecule has 0 unspecified atom stereocenters. The molecular formula is C19H17ClN2O. The molecule has 1 saturated carbocycles. The molecule has 1 fully saturated rings. The molecular weight excluding hydrogens is 308 g/mol. The predicted octanol–water partition coefficient (Wildman–Crippen LogP) is 4.30. The van der Waals surface area contributed by atoms with Gasteiger partial charge in [0.1, 0.15) is 6.04 Å². The van der Waals surface area contributed by atoms with Crippen LogP contribution in [0, 0.1) is 5.92 Å². The zero-order valence-corrected chi connectivity index (χ0v) is 13.4. The molecule has 23 heavy (non-hydrogen) atoms. The molecule has 1 atom stereocenters. The van der Waals surface area contributed by atoms with E-state index in [2.05, 4.69) is 5.32 Å². The summed E-state index contributed by atoms with van der Waals surface area (Å²) in [5, 5.41) is 3.68. The minimum atomic E-state index is -0.315. The van der Waals surface area contributed by atoms with Crippen LogP contribution in [0.5, 0.6) is 0 Å². The van der Waals surface area contributed by atoms with Crippen molar-refractivity contribution < 1.29 is 4.79 Å². The third-order valence-electron chi connectivity index (χ3n) is 4.67. The molecule has 4 heteroatoms. The number of carbonyl (C=O) groups is 1. The van der Waals surface area contributed by atoms with Crippen LogP contribution >= 0.6 is 11.6 Å². The summed E-state index contributed by atoms with van der Waals surface area (Å²) in [6, 6.07) is 15.2. The minimum Gasteiger partial charge on any atom is -0.324 e. The monoisotopic (exact) mass is 324 g/mol. The number of hydrogen-bond acceptors (Lipinski definition) is 2. The molecule has 1 heterocycles. The number of carbonyl (C=O) groups excluding carboxylic acids is 1. The van der Waals surface area contributed by atoms with Crippen molar-refractivity contribution >= 4 is 28.9 Å². The Morgan fingerprint density at radius 1 is 1.09 bits per heavy atom. The molecule has 1 aliphatic carbocycles. The molecule has 1 amide bonds. The quantitative estimate of drug-likeness (QED) is 0.879. The Bertz CT molecular complexity index is 781. The highest BCUT2D eigenvalue weighted by Gasteiger charge is 2.35. The molecule has 2 aromatic carbocycles. The van der Waals surface area contributed by atoms with Gasteiger partial charge in [-0.2, -0.15) is 0 Å². The van der Waals surface area contributed by atoms with E-state index in [9.17, 15) is 4.79 Å². The van der Waals surface area contributed by atoms with Crippen molar-refractivity contribution in [3.8, 4) is 0 Å². The van der Waals surface area contributed by atoms with E-state index < -0.39 is 0 Å². The summed E-state index contributed by atoms with van der Waals surface area (Å²) in [6.45, 7) is 0. The lowest BCUT2D eigenvalue weighted by atomic mass is 9.79.